The number of carbonyl (C=O) groups is 1. The number of nitrogens with zero attached hydrogens (tertiary/aromatic N) is 1. The molecule has 2 fully saturated rings. The topological polar surface area (TPSA) is 44.4 Å². The van der Waals surface area contributed by atoms with E-state index in [0.29, 0.717) is 12.1 Å². The molecule has 2 aliphatic heterocycles. The zero-order valence-electron chi connectivity index (χ0n) is 8.75. The summed E-state index contributed by atoms with van der Waals surface area (Å²) in [7, 11) is 0. The van der Waals surface area contributed by atoms with Crippen LogP contribution in [0.25, 0.3) is 0 Å². The average molecular weight is 197 g/mol. The van der Waals surface area contributed by atoms with Gasteiger partial charge in [0, 0.05) is 18.6 Å². The maximum Gasteiger partial charge on any atom is 0.317 e. The molecule has 0 aliphatic carbocycles. The number of piperidine rings is 1. The zero-order valence-corrected chi connectivity index (χ0v) is 8.75. The van der Waals surface area contributed by atoms with Gasteiger partial charge >= 0.3 is 6.03 Å². The lowest BCUT2D eigenvalue weighted by Gasteiger charge is -2.39. The summed E-state index contributed by atoms with van der Waals surface area (Å²) in [6.45, 7) is 5.09. The Morgan fingerprint density at radius 2 is 2.00 bits per heavy atom. The summed E-state index contributed by atoms with van der Waals surface area (Å²) in [6.07, 6.45) is 3.28. The fourth-order valence-electron chi connectivity index (χ4n) is 2.27. The first-order valence-corrected chi connectivity index (χ1v) is 5.55. The second-order valence-electron chi connectivity index (χ2n) is 4.31. The van der Waals surface area contributed by atoms with Crippen molar-refractivity contribution in [3.8, 4) is 0 Å². The summed E-state index contributed by atoms with van der Waals surface area (Å²) < 4.78 is 0. The van der Waals surface area contributed by atoms with Crippen molar-refractivity contribution >= 4 is 6.03 Å². The molecule has 4 nitrogen and oxygen atoms in total. The molecule has 0 radical (unpaired) electrons. The van der Waals surface area contributed by atoms with Crippen molar-refractivity contribution in [1.82, 2.24) is 15.5 Å². The minimum atomic E-state index is 0.135. The average Bonchev–Trinajstić information content (AvgIpc) is 2.19. The maximum atomic E-state index is 11.7. The Morgan fingerprint density at radius 1 is 1.29 bits per heavy atom. The molecule has 0 saturated carbocycles. The van der Waals surface area contributed by atoms with E-state index in [4.69, 9.17) is 0 Å². The Hall–Kier alpha value is -0.770. The smallest absolute Gasteiger partial charge is 0.317 e. The van der Waals surface area contributed by atoms with Crippen molar-refractivity contribution in [2.24, 2.45) is 0 Å². The summed E-state index contributed by atoms with van der Waals surface area (Å²) in [5.41, 5.74) is 0. The largest absolute Gasteiger partial charge is 0.335 e. The van der Waals surface area contributed by atoms with E-state index in [2.05, 4.69) is 17.6 Å². The van der Waals surface area contributed by atoms with E-state index in [-0.39, 0.29) is 6.03 Å². The number of carbonyl (C=O) groups excluding carboxylic acids is 1. The fourth-order valence-corrected chi connectivity index (χ4v) is 2.27. The Labute approximate surface area is 85.0 Å². The quantitative estimate of drug-likeness (QED) is 0.644. The van der Waals surface area contributed by atoms with Gasteiger partial charge < -0.3 is 15.5 Å². The third-order valence-electron chi connectivity index (χ3n) is 3.18. The highest BCUT2D eigenvalue weighted by Gasteiger charge is 2.29. The normalized spacial score (nSPS) is 30.2. The van der Waals surface area contributed by atoms with Gasteiger partial charge in [-0.3, -0.25) is 0 Å². The van der Waals surface area contributed by atoms with Gasteiger partial charge in [-0.2, -0.15) is 0 Å². The van der Waals surface area contributed by atoms with Crippen LogP contribution in [0.5, 0.6) is 0 Å². The first-order valence-electron chi connectivity index (χ1n) is 5.55. The lowest BCUT2D eigenvalue weighted by molar-refractivity contribution is 0.137. The van der Waals surface area contributed by atoms with E-state index < -0.39 is 0 Å². The SMILES string of the molecule is CC1CCN(C2CCNCC2)C(=O)N1. The number of nitrogens with one attached hydrogen (secondary N) is 2. The fraction of sp³-hybridized carbons (Fsp3) is 0.900. The Kier molecular flexibility index (Phi) is 2.91. The molecule has 1 unspecified atom stereocenters. The van der Waals surface area contributed by atoms with E-state index in [0.717, 1.165) is 38.9 Å². The van der Waals surface area contributed by atoms with Crippen molar-refractivity contribution in [3.63, 3.8) is 0 Å². The molecule has 2 rings (SSSR count). The Morgan fingerprint density at radius 3 is 2.64 bits per heavy atom. The monoisotopic (exact) mass is 197 g/mol. The Bertz CT molecular complexity index is 213. The number of rotatable bonds is 1. The van der Waals surface area contributed by atoms with Crippen molar-refractivity contribution < 1.29 is 4.79 Å². The van der Waals surface area contributed by atoms with Crippen molar-refractivity contribution in [2.45, 2.75) is 38.3 Å². The third-order valence-corrected chi connectivity index (χ3v) is 3.18. The van der Waals surface area contributed by atoms with Crippen LogP contribution in [0, 0.1) is 0 Å². The molecule has 2 N–H and O–H groups in total. The predicted octanol–water partition coefficient (Wildman–Crippen LogP) is 0.542. The summed E-state index contributed by atoms with van der Waals surface area (Å²) in [5.74, 6) is 0. The predicted molar refractivity (Wildman–Crippen MR) is 55.2 cm³/mol. The molecule has 14 heavy (non-hydrogen) atoms. The van der Waals surface area contributed by atoms with Gasteiger partial charge in [0.1, 0.15) is 0 Å². The minimum Gasteiger partial charge on any atom is -0.335 e. The molecule has 4 heteroatoms. The summed E-state index contributed by atoms with van der Waals surface area (Å²) >= 11 is 0. The van der Waals surface area contributed by atoms with Crippen LogP contribution >= 0.6 is 0 Å². The number of hydrogen-bond acceptors (Lipinski definition) is 2. The van der Waals surface area contributed by atoms with Crippen LogP contribution in [0.3, 0.4) is 0 Å². The standard InChI is InChI=1S/C10H19N3O/c1-8-4-7-13(10(14)12-8)9-2-5-11-6-3-9/h8-9,11H,2-7H2,1H3,(H,12,14). The van der Waals surface area contributed by atoms with Gasteiger partial charge in [0.2, 0.25) is 0 Å². The molecule has 0 aromatic rings. The summed E-state index contributed by atoms with van der Waals surface area (Å²) in [5, 5.41) is 6.31. The molecule has 2 amide bonds. The molecule has 2 saturated heterocycles. The lowest BCUT2D eigenvalue weighted by Crippen LogP contribution is -2.56. The van der Waals surface area contributed by atoms with Crippen molar-refractivity contribution in [2.75, 3.05) is 19.6 Å². The van der Waals surface area contributed by atoms with Crippen LogP contribution in [0.1, 0.15) is 26.2 Å². The molecule has 0 spiro atoms. The molecule has 0 aromatic carbocycles. The second kappa shape index (κ2) is 4.17. The van der Waals surface area contributed by atoms with Gasteiger partial charge in [-0.1, -0.05) is 0 Å². The molecule has 1 atom stereocenters. The maximum absolute atomic E-state index is 11.7. The number of hydrogen-bond donors (Lipinski definition) is 2. The third kappa shape index (κ3) is 2.00. The van der Waals surface area contributed by atoms with E-state index in [9.17, 15) is 4.79 Å². The summed E-state index contributed by atoms with van der Waals surface area (Å²) in [6, 6.07) is 0.944. The van der Waals surface area contributed by atoms with Crippen LogP contribution < -0.4 is 10.6 Å². The number of urea groups is 1. The first-order chi connectivity index (χ1) is 6.77. The molecule has 80 valence electrons. The van der Waals surface area contributed by atoms with Crippen LogP contribution in [0.2, 0.25) is 0 Å². The van der Waals surface area contributed by atoms with Gasteiger partial charge in [0.05, 0.1) is 0 Å². The highest BCUT2D eigenvalue weighted by Crippen LogP contribution is 2.16. The zero-order chi connectivity index (χ0) is 9.97. The molecule has 2 heterocycles. The van der Waals surface area contributed by atoms with Gasteiger partial charge in [-0.05, 0) is 39.3 Å². The second-order valence-corrected chi connectivity index (χ2v) is 4.31. The molecule has 2 aliphatic rings. The lowest BCUT2D eigenvalue weighted by atomic mass is 10.0. The Balaban J connectivity index is 1.92. The highest BCUT2D eigenvalue weighted by molar-refractivity contribution is 5.75. The highest BCUT2D eigenvalue weighted by atomic mass is 16.2. The van der Waals surface area contributed by atoms with Gasteiger partial charge in [-0.15, -0.1) is 0 Å². The van der Waals surface area contributed by atoms with E-state index >= 15 is 0 Å². The van der Waals surface area contributed by atoms with Crippen LogP contribution in [0.15, 0.2) is 0 Å². The van der Waals surface area contributed by atoms with E-state index in [1.54, 1.807) is 0 Å². The minimum absolute atomic E-state index is 0.135. The van der Waals surface area contributed by atoms with Crippen molar-refractivity contribution in [1.29, 1.82) is 0 Å². The van der Waals surface area contributed by atoms with Crippen LogP contribution in [0.4, 0.5) is 4.79 Å². The van der Waals surface area contributed by atoms with E-state index in [1.165, 1.54) is 0 Å². The molecule has 0 aromatic heterocycles. The molecular formula is C10H19N3O. The number of amides is 2. The van der Waals surface area contributed by atoms with Crippen LogP contribution in [-0.4, -0.2) is 42.6 Å². The van der Waals surface area contributed by atoms with Gasteiger partial charge in [0.25, 0.3) is 0 Å². The van der Waals surface area contributed by atoms with Gasteiger partial charge in [0.15, 0.2) is 0 Å². The van der Waals surface area contributed by atoms with Crippen LogP contribution in [-0.2, 0) is 0 Å². The molecule has 0 bridgehead atoms. The molecular weight excluding hydrogens is 178 g/mol. The van der Waals surface area contributed by atoms with Gasteiger partial charge in [-0.25, -0.2) is 4.79 Å². The van der Waals surface area contributed by atoms with Crippen molar-refractivity contribution in [3.05, 3.63) is 0 Å². The van der Waals surface area contributed by atoms with E-state index in [1.807, 2.05) is 4.90 Å². The summed E-state index contributed by atoms with van der Waals surface area (Å²) in [4.78, 5) is 13.7. The first kappa shape index (κ1) is 9.77.